The number of nitrogens with zero attached hydrogens (tertiary/aromatic N) is 4. The van der Waals surface area contributed by atoms with Crippen molar-refractivity contribution in [1.29, 1.82) is 5.26 Å². The molecule has 0 N–H and O–H groups in total. The van der Waals surface area contributed by atoms with Gasteiger partial charge in [0.15, 0.2) is 0 Å². The molecule has 0 bridgehead atoms. The van der Waals surface area contributed by atoms with Crippen LogP contribution in [0.3, 0.4) is 0 Å². The molecule has 1 aromatic heterocycles. The van der Waals surface area contributed by atoms with Gasteiger partial charge in [-0.1, -0.05) is 100 Å². The molecule has 0 radical (unpaired) electrons. The maximum absolute atomic E-state index is 10.2. The number of fused-ring (bicyclic) bond motifs is 4. The summed E-state index contributed by atoms with van der Waals surface area (Å²) in [4.78, 5) is 9.62. The predicted molar refractivity (Wildman–Crippen MR) is 188 cm³/mol. The zero-order valence-corrected chi connectivity index (χ0v) is 26.5. The zero-order valence-electron chi connectivity index (χ0n) is 26.5. The standard InChI is InChI=1S/C42H34N4/c1-41(2)32-13-5-9-17-36(32)45(37-18-10-6-14-33(37)41)30-23-21-28(26-43)31(25-30)29-22-24-40(44-27-29)46-38-19-11-7-15-34(38)42(3,4)35-16-8-12-20-39(35)46/h5-25,27H,1-4H3. The van der Waals surface area contributed by atoms with Crippen LogP contribution in [0.1, 0.15) is 55.5 Å². The first-order valence-corrected chi connectivity index (χ1v) is 15.8. The summed E-state index contributed by atoms with van der Waals surface area (Å²) in [5.41, 5.74) is 12.8. The fourth-order valence-electron chi connectivity index (χ4n) is 7.55. The van der Waals surface area contributed by atoms with Crippen LogP contribution in [0.2, 0.25) is 0 Å². The minimum atomic E-state index is -0.139. The van der Waals surface area contributed by atoms with Gasteiger partial charge in [-0.3, -0.25) is 4.90 Å². The van der Waals surface area contributed by atoms with Crippen LogP contribution in [-0.4, -0.2) is 4.98 Å². The average molecular weight is 595 g/mol. The lowest BCUT2D eigenvalue weighted by molar-refractivity contribution is 0.631. The van der Waals surface area contributed by atoms with Crippen LogP contribution in [0, 0.1) is 11.3 Å². The van der Waals surface area contributed by atoms with Crippen LogP contribution < -0.4 is 9.80 Å². The van der Waals surface area contributed by atoms with Gasteiger partial charge in [0.2, 0.25) is 0 Å². The highest BCUT2D eigenvalue weighted by Gasteiger charge is 2.38. The minimum Gasteiger partial charge on any atom is -0.310 e. The van der Waals surface area contributed by atoms with Gasteiger partial charge in [-0.2, -0.15) is 5.26 Å². The highest BCUT2D eigenvalue weighted by atomic mass is 15.2. The Hall–Kier alpha value is -5.66. The Morgan fingerprint density at radius 3 is 1.43 bits per heavy atom. The van der Waals surface area contributed by atoms with E-state index in [2.05, 4.69) is 165 Å². The number of hydrogen-bond acceptors (Lipinski definition) is 4. The third-order valence-electron chi connectivity index (χ3n) is 9.94. The molecule has 5 aromatic carbocycles. The second-order valence-corrected chi connectivity index (χ2v) is 13.2. The Bertz CT molecular complexity index is 2090. The Morgan fingerprint density at radius 1 is 0.543 bits per heavy atom. The molecular formula is C42H34N4. The predicted octanol–water partition coefficient (Wildman–Crippen LogP) is 10.8. The van der Waals surface area contributed by atoms with Gasteiger partial charge in [-0.25, -0.2) is 4.98 Å². The van der Waals surface area contributed by atoms with Crippen molar-refractivity contribution in [2.45, 2.75) is 38.5 Å². The molecule has 8 rings (SSSR count). The van der Waals surface area contributed by atoms with Crippen LogP contribution in [0.15, 0.2) is 134 Å². The molecule has 0 saturated heterocycles. The number of pyridine rings is 1. The maximum Gasteiger partial charge on any atom is 0.137 e. The van der Waals surface area contributed by atoms with Crippen molar-refractivity contribution < 1.29 is 0 Å². The molecule has 2 aliphatic rings. The number of nitriles is 1. The lowest BCUT2D eigenvalue weighted by atomic mass is 9.73. The molecule has 4 nitrogen and oxygen atoms in total. The Kier molecular flexibility index (Phi) is 6.17. The molecule has 0 aliphatic carbocycles. The van der Waals surface area contributed by atoms with Crippen molar-refractivity contribution in [2.75, 3.05) is 9.80 Å². The summed E-state index contributed by atoms with van der Waals surface area (Å²) < 4.78 is 0. The van der Waals surface area contributed by atoms with Crippen LogP contribution in [0.5, 0.6) is 0 Å². The maximum atomic E-state index is 10.2. The molecule has 6 aromatic rings. The Labute approximate surface area is 270 Å². The summed E-state index contributed by atoms with van der Waals surface area (Å²) in [6.07, 6.45) is 1.90. The van der Waals surface area contributed by atoms with E-state index in [1.54, 1.807) is 0 Å². The van der Waals surface area contributed by atoms with Gasteiger partial charge in [-0.15, -0.1) is 0 Å². The Morgan fingerprint density at radius 2 is 1.00 bits per heavy atom. The second-order valence-electron chi connectivity index (χ2n) is 13.2. The smallest absolute Gasteiger partial charge is 0.137 e. The van der Waals surface area contributed by atoms with E-state index in [9.17, 15) is 5.26 Å². The van der Waals surface area contributed by atoms with E-state index in [4.69, 9.17) is 4.98 Å². The lowest BCUT2D eigenvalue weighted by Crippen LogP contribution is -2.30. The highest BCUT2D eigenvalue weighted by molar-refractivity contribution is 5.89. The summed E-state index contributed by atoms with van der Waals surface area (Å²) in [5.74, 6) is 0.843. The van der Waals surface area contributed by atoms with Crippen LogP contribution in [0.25, 0.3) is 11.1 Å². The van der Waals surface area contributed by atoms with Crippen molar-refractivity contribution >= 4 is 34.3 Å². The van der Waals surface area contributed by atoms with Gasteiger partial charge < -0.3 is 4.90 Å². The van der Waals surface area contributed by atoms with Gasteiger partial charge in [0.05, 0.1) is 34.4 Å². The van der Waals surface area contributed by atoms with Gasteiger partial charge in [0.1, 0.15) is 5.82 Å². The summed E-state index contributed by atoms with van der Waals surface area (Å²) in [5, 5.41) is 10.2. The summed E-state index contributed by atoms with van der Waals surface area (Å²) in [7, 11) is 0. The van der Waals surface area contributed by atoms with Crippen LogP contribution in [-0.2, 0) is 10.8 Å². The van der Waals surface area contributed by atoms with Gasteiger partial charge >= 0.3 is 0 Å². The molecule has 2 aliphatic heterocycles. The molecule has 0 saturated carbocycles. The number of rotatable bonds is 3. The first-order chi connectivity index (χ1) is 22.3. The minimum absolute atomic E-state index is 0.132. The molecule has 0 fully saturated rings. The fraction of sp³-hybridized carbons (Fsp3) is 0.143. The van der Waals surface area contributed by atoms with Crippen molar-refractivity contribution in [1.82, 2.24) is 4.98 Å². The fourth-order valence-corrected chi connectivity index (χ4v) is 7.55. The molecule has 46 heavy (non-hydrogen) atoms. The quantitative estimate of drug-likeness (QED) is 0.204. The van der Waals surface area contributed by atoms with Gasteiger partial charge in [0.25, 0.3) is 0 Å². The average Bonchev–Trinajstić information content (AvgIpc) is 3.09. The third-order valence-corrected chi connectivity index (χ3v) is 9.94. The SMILES string of the molecule is CC1(C)c2ccccc2N(c2ccc(C#N)c(-c3ccc(N4c5ccccc5C(C)(C)c5ccccc54)nc3)c2)c2ccccc21. The highest BCUT2D eigenvalue weighted by Crippen LogP contribution is 2.53. The summed E-state index contributed by atoms with van der Waals surface area (Å²) in [6, 6.07) is 47.2. The zero-order chi connectivity index (χ0) is 31.6. The van der Waals surface area contributed by atoms with E-state index in [-0.39, 0.29) is 10.8 Å². The first-order valence-electron chi connectivity index (χ1n) is 15.8. The molecular weight excluding hydrogens is 560 g/mol. The van der Waals surface area contributed by atoms with E-state index in [0.717, 1.165) is 45.4 Å². The van der Waals surface area contributed by atoms with E-state index < -0.39 is 0 Å². The van der Waals surface area contributed by atoms with Crippen molar-refractivity contribution in [3.8, 4) is 17.2 Å². The monoisotopic (exact) mass is 594 g/mol. The second kappa shape index (κ2) is 10.2. The molecule has 0 spiro atoms. The van der Waals surface area contributed by atoms with Crippen LogP contribution >= 0.6 is 0 Å². The van der Waals surface area contributed by atoms with E-state index in [0.29, 0.717) is 5.56 Å². The van der Waals surface area contributed by atoms with Gasteiger partial charge in [0, 0.05) is 33.8 Å². The molecule has 0 amide bonds. The molecule has 3 heterocycles. The molecule has 4 heteroatoms. The number of aromatic nitrogens is 1. The first kappa shape index (κ1) is 27.9. The van der Waals surface area contributed by atoms with Crippen molar-refractivity contribution in [3.63, 3.8) is 0 Å². The number of hydrogen-bond donors (Lipinski definition) is 0. The van der Waals surface area contributed by atoms with E-state index in [1.807, 2.05) is 12.3 Å². The number of anilines is 6. The summed E-state index contributed by atoms with van der Waals surface area (Å²) >= 11 is 0. The topological polar surface area (TPSA) is 43.2 Å². The van der Waals surface area contributed by atoms with E-state index >= 15 is 0 Å². The van der Waals surface area contributed by atoms with E-state index in [1.165, 1.54) is 22.3 Å². The molecule has 222 valence electrons. The lowest BCUT2D eigenvalue weighted by Gasteiger charge is -2.42. The largest absolute Gasteiger partial charge is 0.310 e. The van der Waals surface area contributed by atoms with Crippen LogP contribution in [0.4, 0.5) is 34.3 Å². The van der Waals surface area contributed by atoms with Gasteiger partial charge in [-0.05, 0) is 76.9 Å². The van der Waals surface area contributed by atoms with Crippen molar-refractivity contribution in [2.24, 2.45) is 0 Å². The molecule has 0 unspecified atom stereocenters. The Balaban J connectivity index is 1.24. The number of benzene rings is 5. The third kappa shape index (κ3) is 4.02. The number of para-hydroxylation sites is 4. The molecule has 0 atom stereocenters. The van der Waals surface area contributed by atoms with Crippen molar-refractivity contribution in [3.05, 3.63) is 161 Å². The summed E-state index contributed by atoms with van der Waals surface area (Å²) in [6.45, 7) is 9.16. The normalized spacial score (nSPS) is 15.2.